The summed E-state index contributed by atoms with van der Waals surface area (Å²) in [5, 5.41) is 11.4. The van der Waals surface area contributed by atoms with E-state index in [1.54, 1.807) is 24.3 Å². The highest BCUT2D eigenvalue weighted by Gasteiger charge is 2.16. The van der Waals surface area contributed by atoms with Crippen molar-refractivity contribution in [3.63, 3.8) is 0 Å². The highest BCUT2D eigenvalue weighted by Crippen LogP contribution is 2.29. The van der Waals surface area contributed by atoms with E-state index in [0.717, 1.165) is 0 Å². The molecule has 86 valence electrons. The van der Waals surface area contributed by atoms with Gasteiger partial charge in [-0.15, -0.1) is 0 Å². The Morgan fingerprint density at radius 3 is 2.41 bits per heavy atom. The maximum Gasteiger partial charge on any atom is 0.295 e. The van der Waals surface area contributed by atoms with E-state index in [1.165, 1.54) is 12.1 Å². The number of pyridine rings is 1. The first-order chi connectivity index (χ1) is 8.08. The molecule has 17 heavy (non-hydrogen) atoms. The van der Waals surface area contributed by atoms with Gasteiger partial charge in [0, 0.05) is 16.7 Å². The Morgan fingerprint density at radius 1 is 1.18 bits per heavy atom. The van der Waals surface area contributed by atoms with Crippen molar-refractivity contribution in [1.82, 2.24) is 4.98 Å². The molecule has 0 spiro atoms. The van der Waals surface area contributed by atoms with E-state index in [2.05, 4.69) is 4.98 Å². The molecule has 0 aliphatic heterocycles. The van der Waals surface area contributed by atoms with Crippen LogP contribution in [0.4, 0.5) is 11.5 Å². The summed E-state index contributed by atoms with van der Waals surface area (Å²) in [6.07, 6.45) is 0. The normalized spacial score (nSPS) is 10.2. The molecule has 0 saturated heterocycles. The smallest absolute Gasteiger partial charge is 0.295 e. The van der Waals surface area contributed by atoms with Crippen LogP contribution in [0, 0.1) is 10.1 Å². The number of benzene rings is 1. The molecular weight excluding hydrogens is 242 g/mol. The second-order valence-corrected chi connectivity index (χ2v) is 3.80. The molecular formula is C11H8ClN3O2. The largest absolute Gasteiger partial charge is 0.384 e. The fraction of sp³-hybridized carbons (Fsp3) is 0. The standard InChI is InChI=1S/C11H8ClN3O2/c12-8-3-1-7(2-4-8)11-9(15(16)17)5-6-10(13)14-11/h1-6H,(H2,13,14). The average molecular weight is 250 g/mol. The summed E-state index contributed by atoms with van der Waals surface area (Å²) < 4.78 is 0. The molecule has 5 nitrogen and oxygen atoms in total. The van der Waals surface area contributed by atoms with Crippen molar-refractivity contribution in [1.29, 1.82) is 0 Å². The minimum absolute atomic E-state index is 0.0819. The van der Waals surface area contributed by atoms with E-state index in [1.807, 2.05) is 0 Å². The van der Waals surface area contributed by atoms with Gasteiger partial charge < -0.3 is 5.73 Å². The molecule has 0 bridgehead atoms. The molecule has 1 aromatic heterocycles. The molecule has 0 aliphatic rings. The van der Waals surface area contributed by atoms with Gasteiger partial charge in [-0.25, -0.2) is 4.98 Å². The summed E-state index contributed by atoms with van der Waals surface area (Å²) in [6.45, 7) is 0. The first kappa shape index (κ1) is 11.3. The third-order valence-corrected chi connectivity index (χ3v) is 2.46. The summed E-state index contributed by atoms with van der Waals surface area (Å²) in [5.41, 5.74) is 6.30. The first-order valence-electron chi connectivity index (χ1n) is 4.75. The average Bonchev–Trinajstić information content (AvgIpc) is 2.29. The zero-order chi connectivity index (χ0) is 12.4. The second-order valence-electron chi connectivity index (χ2n) is 3.37. The third kappa shape index (κ3) is 2.34. The summed E-state index contributed by atoms with van der Waals surface area (Å²) in [5.74, 6) is 0.237. The van der Waals surface area contributed by atoms with Crippen LogP contribution in [0.1, 0.15) is 0 Å². The molecule has 0 atom stereocenters. The highest BCUT2D eigenvalue weighted by molar-refractivity contribution is 6.30. The quantitative estimate of drug-likeness (QED) is 0.655. The number of nitro groups is 1. The van der Waals surface area contributed by atoms with Gasteiger partial charge in [0.05, 0.1) is 4.92 Å². The van der Waals surface area contributed by atoms with E-state index in [-0.39, 0.29) is 17.2 Å². The molecule has 6 heteroatoms. The Morgan fingerprint density at radius 2 is 1.82 bits per heavy atom. The molecule has 1 aromatic carbocycles. The van der Waals surface area contributed by atoms with E-state index in [0.29, 0.717) is 10.6 Å². The first-order valence-corrected chi connectivity index (χ1v) is 5.12. The maximum atomic E-state index is 10.9. The van der Waals surface area contributed by atoms with Gasteiger partial charge >= 0.3 is 0 Å². The summed E-state index contributed by atoms with van der Waals surface area (Å²) in [7, 11) is 0. The van der Waals surface area contributed by atoms with Crippen molar-refractivity contribution in [2.24, 2.45) is 0 Å². The van der Waals surface area contributed by atoms with Crippen LogP contribution < -0.4 is 5.73 Å². The zero-order valence-corrected chi connectivity index (χ0v) is 9.39. The predicted molar refractivity (Wildman–Crippen MR) is 65.7 cm³/mol. The number of aromatic nitrogens is 1. The van der Waals surface area contributed by atoms with Gasteiger partial charge in [0.1, 0.15) is 5.82 Å². The molecule has 0 amide bonds. The lowest BCUT2D eigenvalue weighted by Gasteiger charge is -2.03. The van der Waals surface area contributed by atoms with Gasteiger partial charge in [-0.3, -0.25) is 10.1 Å². The van der Waals surface area contributed by atoms with Gasteiger partial charge in [-0.05, 0) is 18.2 Å². The number of hydrogen-bond acceptors (Lipinski definition) is 4. The topological polar surface area (TPSA) is 82.0 Å². The third-order valence-electron chi connectivity index (χ3n) is 2.21. The van der Waals surface area contributed by atoms with Crippen molar-refractivity contribution in [2.45, 2.75) is 0 Å². The number of rotatable bonds is 2. The molecule has 2 rings (SSSR count). The fourth-order valence-corrected chi connectivity index (χ4v) is 1.56. The Balaban J connectivity index is 2.60. The minimum Gasteiger partial charge on any atom is -0.384 e. The van der Waals surface area contributed by atoms with Crippen LogP contribution in [-0.4, -0.2) is 9.91 Å². The molecule has 0 aliphatic carbocycles. The number of nitrogens with zero attached hydrogens (tertiary/aromatic N) is 2. The van der Waals surface area contributed by atoms with E-state index < -0.39 is 4.92 Å². The Bertz CT molecular complexity index is 569. The van der Waals surface area contributed by atoms with Gasteiger partial charge in [-0.2, -0.15) is 0 Å². The van der Waals surface area contributed by atoms with Gasteiger partial charge in [-0.1, -0.05) is 23.7 Å². The predicted octanol–water partition coefficient (Wildman–Crippen LogP) is 2.89. The van der Waals surface area contributed by atoms with E-state index in [9.17, 15) is 10.1 Å². The molecule has 0 fully saturated rings. The van der Waals surface area contributed by atoms with Crippen LogP contribution in [-0.2, 0) is 0 Å². The van der Waals surface area contributed by atoms with Crippen molar-refractivity contribution >= 4 is 23.1 Å². The highest BCUT2D eigenvalue weighted by atomic mass is 35.5. The molecule has 0 radical (unpaired) electrons. The number of hydrogen-bond donors (Lipinski definition) is 1. The van der Waals surface area contributed by atoms with Crippen LogP contribution in [0.2, 0.25) is 5.02 Å². The van der Waals surface area contributed by atoms with Crippen LogP contribution >= 0.6 is 11.6 Å². The Kier molecular flexibility index (Phi) is 2.93. The molecule has 2 N–H and O–H groups in total. The van der Waals surface area contributed by atoms with E-state index in [4.69, 9.17) is 17.3 Å². The lowest BCUT2D eigenvalue weighted by atomic mass is 10.1. The van der Waals surface area contributed by atoms with Gasteiger partial charge in [0.2, 0.25) is 0 Å². The number of anilines is 1. The molecule has 1 heterocycles. The van der Waals surface area contributed by atoms with Crippen LogP contribution in [0.15, 0.2) is 36.4 Å². The number of halogens is 1. The lowest BCUT2D eigenvalue weighted by Crippen LogP contribution is -1.98. The monoisotopic (exact) mass is 249 g/mol. The summed E-state index contributed by atoms with van der Waals surface area (Å²) in [6, 6.07) is 9.36. The van der Waals surface area contributed by atoms with Crippen LogP contribution in [0.5, 0.6) is 0 Å². The SMILES string of the molecule is Nc1ccc([N+](=O)[O-])c(-c2ccc(Cl)cc2)n1. The van der Waals surface area contributed by atoms with Crippen molar-refractivity contribution < 1.29 is 4.92 Å². The number of nitrogen functional groups attached to an aromatic ring is 1. The molecule has 2 aromatic rings. The van der Waals surface area contributed by atoms with Crippen molar-refractivity contribution in [2.75, 3.05) is 5.73 Å². The number of nitrogens with two attached hydrogens (primary N) is 1. The molecule has 0 saturated carbocycles. The summed E-state index contributed by atoms with van der Waals surface area (Å²) in [4.78, 5) is 14.4. The molecule has 0 unspecified atom stereocenters. The zero-order valence-electron chi connectivity index (χ0n) is 8.63. The maximum absolute atomic E-state index is 10.9. The Hall–Kier alpha value is -2.14. The van der Waals surface area contributed by atoms with E-state index >= 15 is 0 Å². The van der Waals surface area contributed by atoms with Gasteiger partial charge in [0.15, 0.2) is 5.69 Å². The fourth-order valence-electron chi connectivity index (χ4n) is 1.43. The minimum atomic E-state index is -0.490. The lowest BCUT2D eigenvalue weighted by molar-refractivity contribution is -0.384. The van der Waals surface area contributed by atoms with Crippen molar-refractivity contribution in [3.8, 4) is 11.3 Å². The second kappa shape index (κ2) is 4.39. The van der Waals surface area contributed by atoms with Gasteiger partial charge in [0.25, 0.3) is 5.69 Å². The van der Waals surface area contributed by atoms with Crippen molar-refractivity contribution in [3.05, 3.63) is 51.5 Å². The Labute approximate surface area is 102 Å². The summed E-state index contributed by atoms with van der Waals surface area (Å²) >= 11 is 5.75. The van der Waals surface area contributed by atoms with Crippen LogP contribution in [0.25, 0.3) is 11.3 Å². The van der Waals surface area contributed by atoms with Crippen LogP contribution in [0.3, 0.4) is 0 Å².